The van der Waals surface area contributed by atoms with Crippen LogP contribution in [0.5, 0.6) is 0 Å². The molecule has 0 aliphatic heterocycles. The first-order chi connectivity index (χ1) is 9.15. The Morgan fingerprint density at radius 1 is 1.35 bits per heavy atom. The zero-order valence-electron chi connectivity index (χ0n) is 13.3. The summed E-state index contributed by atoms with van der Waals surface area (Å²) in [5.74, 6) is 0.467. The lowest BCUT2D eigenvalue weighted by atomic mass is 9.90. The fourth-order valence-electron chi connectivity index (χ4n) is 1.98. The number of hydrogen-bond acceptors (Lipinski definition) is 2. The van der Waals surface area contributed by atoms with Crippen LogP contribution in [-0.4, -0.2) is 28.9 Å². The molecule has 0 atom stereocenters. The van der Waals surface area contributed by atoms with Crippen LogP contribution < -0.4 is 0 Å². The summed E-state index contributed by atoms with van der Waals surface area (Å²) in [6.45, 7) is 13.8. The van der Waals surface area contributed by atoms with Gasteiger partial charge in [0.25, 0.3) is 5.91 Å². The zero-order valence-corrected chi connectivity index (χ0v) is 14.1. The minimum Gasteiger partial charge on any atom is -0.339 e. The molecule has 0 aliphatic carbocycles. The smallest absolute Gasteiger partial charge is 0.254 e. The Kier molecular flexibility index (Phi) is 5.58. The number of carbonyl (C=O) groups is 1. The van der Waals surface area contributed by atoms with Crippen molar-refractivity contribution < 1.29 is 4.79 Å². The van der Waals surface area contributed by atoms with Crippen molar-refractivity contribution in [2.24, 2.45) is 5.92 Å². The third-order valence-corrected chi connectivity index (χ3v) is 3.26. The van der Waals surface area contributed by atoms with Crippen LogP contribution in [-0.2, 0) is 5.41 Å². The maximum absolute atomic E-state index is 12.6. The molecule has 0 spiro atoms. The van der Waals surface area contributed by atoms with E-state index in [0.29, 0.717) is 23.2 Å². The van der Waals surface area contributed by atoms with Gasteiger partial charge in [0.1, 0.15) is 5.15 Å². The number of halogens is 1. The lowest BCUT2D eigenvalue weighted by molar-refractivity contribution is 0.0745. The highest BCUT2D eigenvalue weighted by atomic mass is 35.5. The van der Waals surface area contributed by atoms with Crippen molar-refractivity contribution in [3.05, 3.63) is 28.5 Å². The molecule has 1 aromatic rings. The van der Waals surface area contributed by atoms with Crippen molar-refractivity contribution in [3.63, 3.8) is 0 Å². The fraction of sp³-hybridized carbons (Fsp3) is 0.625. The molecule has 112 valence electrons. The number of hydrogen-bond donors (Lipinski definition) is 0. The van der Waals surface area contributed by atoms with E-state index in [2.05, 4.69) is 39.6 Å². The lowest BCUT2D eigenvalue weighted by Crippen LogP contribution is -2.34. The molecule has 0 aromatic carbocycles. The van der Waals surface area contributed by atoms with E-state index in [1.807, 2.05) is 17.9 Å². The molecule has 1 heterocycles. The molecule has 3 nitrogen and oxygen atoms in total. The molecular formula is C16H25ClN2O. The second-order valence-corrected chi connectivity index (χ2v) is 6.94. The molecule has 0 N–H and O–H groups in total. The average Bonchev–Trinajstić information content (AvgIpc) is 2.33. The second kappa shape index (κ2) is 6.57. The normalized spacial score (nSPS) is 11.8. The van der Waals surface area contributed by atoms with Crippen LogP contribution in [0.15, 0.2) is 12.1 Å². The molecule has 0 fully saturated rings. The molecular weight excluding hydrogens is 272 g/mol. The average molecular weight is 297 g/mol. The van der Waals surface area contributed by atoms with E-state index >= 15 is 0 Å². The van der Waals surface area contributed by atoms with Crippen LogP contribution in [0.1, 0.15) is 57.6 Å². The van der Waals surface area contributed by atoms with Gasteiger partial charge in [0.15, 0.2) is 0 Å². The monoisotopic (exact) mass is 296 g/mol. The highest BCUT2D eigenvalue weighted by Crippen LogP contribution is 2.24. The third-order valence-electron chi connectivity index (χ3n) is 3.06. The predicted octanol–water partition coefficient (Wildman–Crippen LogP) is 4.15. The first kappa shape index (κ1) is 17.0. The van der Waals surface area contributed by atoms with Crippen molar-refractivity contribution in [1.82, 2.24) is 9.88 Å². The number of aromatic nitrogens is 1. The second-order valence-electron chi connectivity index (χ2n) is 6.55. The summed E-state index contributed by atoms with van der Waals surface area (Å²) in [5, 5.41) is 0.376. The third kappa shape index (κ3) is 4.48. The van der Waals surface area contributed by atoms with Gasteiger partial charge in [-0.1, -0.05) is 46.2 Å². The van der Waals surface area contributed by atoms with E-state index in [9.17, 15) is 4.79 Å². The van der Waals surface area contributed by atoms with Gasteiger partial charge in [-0.3, -0.25) is 4.79 Å². The van der Waals surface area contributed by atoms with E-state index in [1.165, 1.54) is 0 Å². The summed E-state index contributed by atoms with van der Waals surface area (Å²) < 4.78 is 0. The standard InChI is InChI=1S/C16H25ClN2O/c1-7-19(10-11(2)3)15(20)12-8-13(16(4,5)6)18-14(17)9-12/h8-9,11H,7,10H2,1-6H3. The topological polar surface area (TPSA) is 33.2 Å². The minimum atomic E-state index is -0.130. The highest BCUT2D eigenvalue weighted by molar-refractivity contribution is 6.29. The van der Waals surface area contributed by atoms with Gasteiger partial charge in [-0.15, -0.1) is 0 Å². The van der Waals surface area contributed by atoms with E-state index in [1.54, 1.807) is 6.07 Å². The highest BCUT2D eigenvalue weighted by Gasteiger charge is 2.21. The van der Waals surface area contributed by atoms with Gasteiger partial charge >= 0.3 is 0 Å². The van der Waals surface area contributed by atoms with E-state index < -0.39 is 0 Å². The Hall–Kier alpha value is -1.09. The molecule has 0 radical (unpaired) electrons. The van der Waals surface area contributed by atoms with Crippen LogP contribution in [0.3, 0.4) is 0 Å². The lowest BCUT2D eigenvalue weighted by Gasteiger charge is -2.24. The van der Waals surface area contributed by atoms with Crippen LogP contribution in [0, 0.1) is 5.92 Å². The van der Waals surface area contributed by atoms with E-state index in [4.69, 9.17) is 11.6 Å². The number of nitrogens with zero attached hydrogens (tertiary/aromatic N) is 2. The molecule has 0 bridgehead atoms. The Bertz CT molecular complexity index is 478. The fourth-order valence-corrected chi connectivity index (χ4v) is 2.19. The molecule has 20 heavy (non-hydrogen) atoms. The number of amides is 1. The quantitative estimate of drug-likeness (QED) is 0.782. The number of pyridine rings is 1. The molecule has 0 saturated carbocycles. The van der Waals surface area contributed by atoms with Crippen molar-refractivity contribution in [3.8, 4) is 0 Å². The Balaban J connectivity index is 3.12. The Morgan fingerprint density at radius 2 is 1.95 bits per heavy atom. The largest absolute Gasteiger partial charge is 0.339 e. The van der Waals surface area contributed by atoms with Gasteiger partial charge < -0.3 is 4.90 Å². The maximum atomic E-state index is 12.6. The molecule has 0 aliphatic rings. The van der Waals surface area contributed by atoms with Gasteiger partial charge in [-0.2, -0.15) is 0 Å². The number of rotatable bonds is 4. The molecule has 0 unspecified atom stereocenters. The SMILES string of the molecule is CCN(CC(C)C)C(=O)c1cc(Cl)nc(C(C)(C)C)c1. The summed E-state index contributed by atoms with van der Waals surface area (Å²) >= 11 is 6.07. The summed E-state index contributed by atoms with van der Waals surface area (Å²) in [6.07, 6.45) is 0. The van der Waals surface area contributed by atoms with E-state index in [0.717, 1.165) is 12.2 Å². The predicted molar refractivity (Wildman–Crippen MR) is 84.4 cm³/mol. The van der Waals surface area contributed by atoms with Gasteiger partial charge in [-0.25, -0.2) is 4.98 Å². The van der Waals surface area contributed by atoms with E-state index in [-0.39, 0.29) is 11.3 Å². The van der Waals surface area contributed by atoms with Crippen molar-refractivity contribution in [1.29, 1.82) is 0 Å². The van der Waals surface area contributed by atoms with Crippen molar-refractivity contribution in [2.75, 3.05) is 13.1 Å². The Morgan fingerprint density at radius 3 is 2.40 bits per heavy atom. The summed E-state index contributed by atoms with van der Waals surface area (Å²) in [5.41, 5.74) is 1.33. The number of carbonyl (C=O) groups excluding carboxylic acids is 1. The van der Waals surface area contributed by atoms with Crippen LogP contribution in [0.25, 0.3) is 0 Å². The zero-order chi connectivity index (χ0) is 15.5. The molecule has 1 rings (SSSR count). The molecule has 1 aromatic heterocycles. The van der Waals surface area contributed by atoms with Crippen LogP contribution in [0.4, 0.5) is 0 Å². The van der Waals surface area contributed by atoms with Gasteiger partial charge in [0.2, 0.25) is 0 Å². The van der Waals surface area contributed by atoms with Crippen LogP contribution in [0.2, 0.25) is 5.15 Å². The van der Waals surface area contributed by atoms with Crippen LogP contribution >= 0.6 is 11.6 Å². The first-order valence-corrected chi connectivity index (χ1v) is 7.50. The van der Waals surface area contributed by atoms with Gasteiger partial charge in [0.05, 0.1) is 0 Å². The Labute approximate surface area is 127 Å². The van der Waals surface area contributed by atoms with Crippen molar-refractivity contribution >= 4 is 17.5 Å². The summed E-state index contributed by atoms with van der Waals surface area (Å²) in [6, 6.07) is 3.51. The van der Waals surface area contributed by atoms with Gasteiger partial charge in [0, 0.05) is 29.8 Å². The minimum absolute atomic E-state index is 0.0241. The summed E-state index contributed by atoms with van der Waals surface area (Å²) in [7, 11) is 0. The maximum Gasteiger partial charge on any atom is 0.254 e. The molecule has 0 saturated heterocycles. The summed E-state index contributed by atoms with van der Waals surface area (Å²) in [4.78, 5) is 18.8. The first-order valence-electron chi connectivity index (χ1n) is 7.12. The van der Waals surface area contributed by atoms with Gasteiger partial charge in [-0.05, 0) is 25.0 Å². The van der Waals surface area contributed by atoms with Crippen molar-refractivity contribution in [2.45, 2.75) is 47.0 Å². The molecule has 4 heteroatoms. The molecule has 1 amide bonds.